The molecule has 0 aliphatic rings. The highest BCUT2D eigenvalue weighted by molar-refractivity contribution is 7.80. The molecule has 32 heavy (non-hydrogen) atoms. The van der Waals surface area contributed by atoms with Crippen molar-refractivity contribution in [1.82, 2.24) is 5.32 Å². The van der Waals surface area contributed by atoms with Crippen LogP contribution in [0.1, 0.15) is 28.3 Å². The Balaban J connectivity index is 1.85. The SMILES string of the molecule is Cc1ccc(NC(=S)NC(C(=O)Nc2c(C)cccc2C)c2ccccc2)c([N+](=O)[O-])c1. The molecular weight excluding hydrogens is 424 g/mol. The molecule has 0 aromatic heterocycles. The van der Waals surface area contributed by atoms with Crippen molar-refractivity contribution in [3.63, 3.8) is 0 Å². The number of carbonyl (C=O) groups is 1. The summed E-state index contributed by atoms with van der Waals surface area (Å²) >= 11 is 5.40. The average molecular weight is 449 g/mol. The number of nitrogens with one attached hydrogen (secondary N) is 3. The highest BCUT2D eigenvalue weighted by atomic mass is 32.1. The van der Waals surface area contributed by atoms with Crippen molar-refractivity contribution in [2.45, 2.75) is 26.8 Å². The molecule has 0 spiro atoms. The third kappa shape index (κ3) is 5.47. The largest absolute Gasteiger partial charge is 0.347 e. The molecule has 3 N–H and O–H groups in total. The normalized spacial score (nSPS) is 11.3. The minimum absolute atomic E-state index is 0.0922. The Bertz CT molecular complexity index is 1140. The van der Waals surface area contributed by atoms with Crippen LogP contribution in [0.4, 0.5) is 17.1 Å². The fraction of sp³-hybridized carbons (Fsp3) is 0.167. The van der Waals surface area contributed by atoms with E-state index in [9.17, 15) is 14.9 Å². The van der Waals surface area contributed by atoms with Crippen molar-refractivity contribution in [2.24, 2.45) is 0 Å². The standard InChI is InChI=1S/C24H24N4O3S/c1-15-12-13-19(20(14-15)28(30)31)25-24(32)27-22(18-10-5-4-6-11-18)23(29)26-21-16(2)8-7-9-17(21)3/h4-14,22H,1-3H3,(H,26,29)(H2,25,27,32). The number of nitro benzene ring substituents is 1. The van der Waals surface area contributed by atoms with Crippen LogP contribution in [-0.2, 0) is 4.79 Å². The van der Waals surface area contributed by atoms with Gasteiger partial charge in [-0.25, -0.2) is 0 Å². The molecule has 3 aromatic rings. The van der Waals surface area contributed by atoms with Gasteiger partial charge in [-0.05, 0) is 61.3 Å². The Morgan fingerprint density at radius 3 is 2.22 bits per heavy atom. The van der Waals surface area contributed by atoms with Crippen LogP contribution in [0.2, 0.25) is 0 Å². The van der Waals surface area contributed by atoms with Crippen LogP contribution < -0.4 is 16.0 Å². The van der Waals surface area contributed by atoms with Gasteiger partial charge in [0.1, 0.15) is 11.7 Å². The fourth-order valence-corrected chi connectivity index (χ4v) is 3.57. The lowest BCUT2D eigenvalue weighted by Crippen LogP contribution is -2.39. The summed E-state index contributed by atoms with van der Waals surface area (Å²) in [5.74, 6) is -0.295. The Labute approximate surface area is 192 Å². The Morgan fingerprint density at radius 2 is 1.59 bits per heavy atom. The minimum atomic E-state index is -0.806. The van der Waals surface area contributed by atoms with Crippen LogP contribution in [0.3, 0.4) is 0 Å². The maximum Gasteiger partial charge on any atom is 0.292 e. The molecule has 0 saturated heterocycles. The highest BCUT2D eigenvalue weighted by Crippen LogP contribution is 2.26. The molecule has 0 saturated carbocycles. The zero-order valence-electron chi connectivity index (χ0n) is 18.0. The second-order valence-electron chi connectivity index (χ2n) is 7.48. The summed E-state index contributed by atoms with van der Waals surface area (Å²) in [5, 5.41) is 20.4. The number of nitro groups is 1. The van der Waals surface area contributed by atoms with Crippen molar-refractivity contribution in [3.05, 3.63) is 99.1 Å². The lowest BCUT2D eigenvalue weighted by Gasteiger charge is -2.22. The van der Waals surface area contributed by atoms with Gasteiger partial charge in [-0.1, -0.05) is 54.6 Å². The van der Waals surface area contributed by atoms with Gasteiger partial charge in [0, 0.05) is 11.8 Å². The topological polar surface area (TPSA) is 96.3 Å². The third-order valence-corrected chi connectivity index (χ3v) is 5.22. The van der Waals surface area contributed by atoms with Crippen LogP contribution in [0.5, 0.6) is 0 Å². The molecule has 0 aliphatic heterocycles. The van der Waals surface area contributed by atoms with Gasteiger partial charge in [-0.2, -0.15) is 0 Å². The lowest BCUT2D eigenvalue weighted by molar-refractivity contribution is -0.383. The third-order valence-electron chi connectivity index (χ3n) is 5.00. The van der Waals surface area contributed by atoms with Gasteiger partial charge >= 0.3 is 0 Å². The number of hydrogen-bond acceptors (Lipinski definition) is 4. The zero-order chi connectivity index (χ0) is 23.3. The molecule has 1 unspecified atom stereocenters. The van der Waals surface area contributed by atoms with Gasteiger partial charge < -0.3 is 16.0 Å². The first kappa shape index (κ1) is 22.9. The molecule has 7 nitrogen and oxygen atoms in total. The van der Waals surface area contributed by atoms with E-state index in [1.54, 1.807) is 19.1 Å². The van der Waals surface area contributed by atoms with Crippen molar-refractivity contribution < 1.29 is 9.72 Å². The summed E-state index contributed by atoms with van der Waals surface area (Å²) in [4.78, 5) is 24.2. The van der Waals surface area contributed by atoms with E-state index < -0.39 is 11.0 Å². The van der Waals surface area contributed by atoms with Crippen LogP contribution >= 0.6 is 12.2 Å². The maximum absolute atomic E-state index is 13.3. The molecule has 3 aromatic carbocycles. The molecule has 0 bridgehead atoms. The van der Waals surface area contributed by atoms with E-state index in [2.05, 4.69) is 16.0 Å². The summed E-state index contributed by atoms with van der Waals surface area (Å²) in [6, 6.07) is 18.9. The van der Waals surface area contributed by atoms with Crippen LogP contribution in [0, 0.1) is 30.9 Å². The van der Waals surface area contributed by atoms with Crippen molar-refractivity contribution in [2.75, 3.05) is 10.6 Å². The second kappa shape index (κ2) is 10.0. The summed E-state index contributed by atoms with van der Waals surface area (Å²) in [5.41, 5.74) is 4.26. The van der Waals surface area contributed by atoms with E-state index >= 15 is 0 Å². The average Bonchev–Trinajstić information content (AvgIpc) is 2.76. The van der Waals surface area contributed by atoms with Crippen molar-refractivity contribution in [1.29, 1.82) is 0 Å². The molecule has 0 heterocycles. The number of hydrogen-bond donors (Lipinski definition) is 3. The van der Waals surface area contributed by atoms with E-state index in [0.29, 0.717) is 5.56 Å². The minimum Gasteiger partial charge on any atom is -0.347 e. The van der Waals surface area contributed by atoms with Gasteiger partial charge in [0.2, 0.25) is 0 Å². The molecule has 0 fully saturated rings. The van der Waals surface area contributed by atoms with Crippen molar-refractivity contribution in [3.8, 4) is 0 Å². The van der Waals surface area contributed by atoms with E-state index in [0.717, 1.165) is 22.4 Å². The lowest BCUT2D eigenvalue weighted by atomic mass is 10.0. The monoisotopic (exact) mass is 448 g/mol. The maximum atomic E-state index is 13.3. The van der Waals surface area contributed by atoms with Gasteiger partial charge in [-0.3, -0.25) is 14.9 Å². The van der Waals surface area contributed by atoms with E-state index in [1.807, 2.05) is 62.4 Å². The van der Waals surface area contributed by atoms with Crippen LogP contribution in [-0.4, -0.2) is 15.9 Å². The summed E-state index contributed by atoms with van der Waals surface area (Å²) in [6.07, 6.45) is 0. The molecule has 0 aliphatic carbocycles. The van der Waals surface area contributed by atoms with Gasteiger partial charge in [-0.15, -0.1) is 0 Å². The molecule has 3 rings (SSSR count). The zero-order valence-corrected chi connectivity index (χ0v) is 18.8. The molecule has 1 atom stereocenters. The first-order valence-corrected chi connectivity index (χ1v) is 10.4. The van der Waals surface area contributed by atoms with Crippen LogP contribution in [0.25, 0.3) is 0 Å². The highest BCUT2D eigenvalue weighted by Gasteiger charge is 2.24. The first-order valence-electron chi connectivity index (χ1n) is 10.0. The van der Waals surface area contributed by atoms with E-state index in [1.165, 1.54) is 6.07 Å². The van der Waals surface area contributed by atoms with E-state index in [4.69, 9.17) is 12.2 Å². The quantitative estimate of drug-likeness (QED) is 0.273. The van der Waals surface area contributed by atoms with Crippen molar-refractivity contribution >= 4 is 40.3 Å². The number of aryl methyl sites for hydroxylation is 3. The number of para-hydroxylation sites is 1. The number of thiocarbonyl (C=S) groups is 1. The Hall–Kier alpha value is -3.78. The summed E-state index contributed by atoms with van der Waals surface area (Å²) < 4.78 is 0. The Kier molecular flexibility index (Phi) is 7.17. The number of rotatable bonds is 6. The smallest absolute Gasteiger partial charge is 0.292 e. The summed E-state index contributed by atoms with van der Waals surface area (Å²) in [6.45, 7) is 5.63. The predicted octanol–water partition coefficient (Wildman–Crippen LogP) is 5.19. The molecule has 0 radical (unpaired) electrons. The fourth-order valence-electron chi connectivity index (χ4n) is 3.34. The predicted molar refractivity (Wildman–Crippen MR) is 131 cm³/mol. The number of nitrogens with zero attached hydrogens (tertiary/aromatic N) is 1. The first-order chi connectivity index (χ1) is 15.3. The summed E-state index contributed by atoms with van der Waals surface area (Å²) in [7, 11) is 0. The van der Waals surface area contributed by atoms with Crippen LogP contribution in [0.15, 0.2) is 66.7 Å². The molecular formula is C24H24N4O3S. The molecule has 8 heteroatoms. The molecule has 164 valence electrons. The number of carbonyl (C=O) groups excluding carboxylic acids is 1. The number of benzene rings is 3. The number of amides is 1. The van der Waals surface area contributed by atoms with Gasteiger partial charge in [0.25, 0.3) is 11.6 Å². The van der Waals surface area contributed by atoms with E-state index in [-0.39, 0.29) is 22.4 Å². The second-order valence-corrected chi connectivity index (χ2v) is 7.88. The van der Waals surface area contributed by atoms with Gasteiger partial charge in [0.05, 0.1) is 4.92 Å². The Morgan fingerprint density at radius 1 is 0.938 bits per heavy atom. The number of anilines is 2. The van der Waals surface area contributed by atoms with Gasteiger partial charge in [0.15, 0.2) is 5.11 Å². The molecule has 1 amide bonds.